The molecule has 126 valence electrons. The van der Waals surface area contributed by atoms with Crippen LogP contribution in [0, 0.1) is 0 Å². The smallest absolute Gasteiger partial charge is 0.408 e. The summed E-state index contributed by atoms with van der Waals surface area (Å²) < 4.78 is 6.20. The van der Waals surface area contributed by atoms with Gasteiger partial charge in [0.2, 0.25) is 0 Å². The van der Waals surface area contributed by atoms with Crippen molar-refractivity contribution in [1.82, 2.24) is 14.9 Å². The van der Waals surface area contributed by atoms with Gasteiger partial charge in [-0.05, 0) is 25.7 Å². The largest absolute Gasteiger partial charge is 0.480 e. The van der Waals surface area contributed by atoms with Crippen LogP contribution in [0.3, 0.4) is 0 Å². The number of aromatic nitrogens is 2. The van der Waals surface area contributed by atoms with Crippen molar-refractivity contribution >= 4 is 12.1 Å². The molecule has 1 aromatic rings. The third-order valence-electron chi connectivity index (χ3n) is 3.69. The number of ether oxygens (including phenoxy) is 1. The molecule has 0 spiro atoms. The Morgan fingerprint density at radius 1 is 1.35 bits per heavy atom. The Morgan fingerprint density at radius 3 is 2.65 bits per heavy atom. The molecule has 23 heavy (non-hydrogen) atoms. The molecular formula is C14H19N3O6. The Kier molecular flexibility index (Phi) is 5.56. The average molecular weight is 325 g/mol. The molecule has 1 fully saturated rings. The molecule has 1 aliphatic rings. The number of aliphatic carboxylic acids is 1. The van der Waals surface area contributed by atoms with Gasteiger partial charge in [-0.15, -0.1) is 0 Å². The minimum atomic E-state index is -1.34. The van der Waals surface area contributed by atoms with Crippen LogP contribution in [0.4, 0.5) is 4.79 Å². The second-order valence-electron chi connectivity index (χ2n) is 5.46. The van der Waals surface area contributed by atoms with Crippen molar-refractivity contribution in [3.05, 3.63) is 33.1 Å². The van der Waals surface area contributed by atoms with Crippen LogP contribution in [-0.2, 0) is 16.1 Å². The fourth-order valence-electron chi connectivity index (χ4n) is 2.48. The maximum absolute atomic E-state index is 11.8. The van der Waals surface area contributed by atoms with Gasteiger partial charge in [0.25, 0.3) is 5.56 Å². The van der Waals surface area contributed by atoms with E-state index in [9.17, 15) is 24.3 Å². The molecule has 2 rings (SSSR count). The van der Waals surface area contributed by atoms with Gasteiger partial charge in [0.05, 0.1) is 6.54 Å². The van der Waals surface area contributed by atoms with Crippen LogP contribution in [0.25, 0.3) is 0 Å². The number of alkyl carbamates (subject to hydrolysis) is 1. The third-order valence-corrected chi connectivity index (χ3v) is 3.69. The van der Waals surface area contributed by atoms with E-state index in [4.69, 9.17) is 4.74 Å². The number of carboxylic acid groups (broad SMARTS) is 1. The fraction of sp³-hybridized carbons (Fsp3) is 0.571. The van der Waals surface area contributed by atoms with Crippen molar-refractivity contribution < 1.29 is 19.4 Å². The van der Waals surface area contributed by atoms with Crippen LogP contribution >= 0.6 is 0 Å². The van der Waals surface area contributed by atoms with Gasteiger partial charge in [-0.3, -0.25) is 14.3 Å². The van der Waals surface area contributed by atoms with Gasteiger partial charge in [-0.25, -0.2) is 14.4 Å². The Hall–Kier alpha value is -2.58. The first-order valence-electron chi connectivity index (χ1n) is 7.45. The molecule has 1 aliphatic carbocycles. The SMILES string of the molecule is O=C(NC(Cn1ccc(=O)[nH]c1=O)C(=O)O)OC1CCCCC1. The second-order valence-corrected chi connectivity index (χ2v) is 5.46. The predicted molar refractivity (Wildman–Crippen MR) is 79.2 cm³/mol. The van der Waals surface area contributed by atoms with Crippen molar-refractivity contribution in [3.8, 4) is 0 Å². The molecule has 0 radical (unpaired) electrons. The van der Waals surface area contributed by atoms with Gasteiger partial charge in [-0.1, -0.05) is 6.42 Å². The molecule has 1 atom stereocenters. The number of aromatic amines is 1. The topological polar surface area (TPSA) is 130 Å². The van der Waals surface area contributed by atoms with E-state index in [-0.39, 0.29) is 12.6 Å². The van der Waals surface area contributed by atoms with Crippen molar-refractivity contribution in [2.24, 2.45) is 0 Å². The summed E-state index contributed by atoms with van der Waals surface area (Å²) in [6, 6.07) is -0.240. The first kappa shape index (κ1) is 16.8. The zero-order chi connectivity index (χ0) is 16.8. The molecule has 1 saturated carbocycles. The van der Waals surface area contributed by atoms with Crippen LogP contribution < -0.4 is 16.6 Å². The summed E-state index contributed by atoms with van der Waals surface area (Å²) >= 11 is 0. The molecule has 1 amide bonds. The van der Waals surface area contributed by atoms with Gasteiger partial charge >= 0.3 is 17.8 Å². The van der Waals surface area contributed by atoms with E-state index in [1.165, 1.54) is 6.20 Å². The summed E-state index contributed by atoms with van der Waals surface area (Å²) in [5.41, 5.74) is -1.33. The number of carbonyl (C=O) groups excluding carboxylic acids is 1. The lowest BCUT2D eigenvalue weighted by Gasteiger charge is -2.23. The minimum Gasteiger partial charge on any atom is -0.480 e. The fourth-order valence-corrected chi connectivity index (χ4v) is 2.48. The summed E-state index contributed by atoms with van der Waals surface area (Å²) in [4.78, 5) is 47.6. The normalized spacial score (nSPS) is 16.5. The summed E-state index contributed by atoms with van der Waals surface area (Å²) in [5, 5.41) is 11.4. The van der Waals surface area contributed by atoms with Crippen molar-refractivity contribution in [2.75, 3.05) is 0 Å². The van der Waals surface area contributed by atoms with Gasteiger partial charge in [-0.2, -0.15) is 0 Å². The maximum atomic E-state index is 11.8. The highest BCUT2D eigenvalue weighted by atomic mass is 16.6. The molecular weight excluding hydrogens is 306 g/mol. The zero-order valence-electron chi connectivity index (χ0n) is 12.5. The molecule has 0 saturated heterocycles. The molecule has 0 aromatic carbocycles. The van der Waals surface area contributed by atoms with E-state index in [1.807, 2.05) is 4.98 Å². The number of carbonyl (C=O) groups is 2. The van der Waals surface area contributed by atoms with Gasteiger partial charge < -0.3 is 15.2 Å². The summed E-state index contributed by atoms with van der Waals surface area (Å²) in [6.45, 7) is -0.315. The highest BCUT2D eigenvalue weighted by Crippen LogP contribution is 2.20. The zero-order valence-corrected chi connectivity index (χ0v) is 12.5. The van der Waals surface area contributed by atoms with Crippen LogP contribution in [0.5, 0.6) is 0 Å². The molecule has 9 heteroatoms. The monoisotopic (exact) mass is 325 g/mol. The molecule has 3 N–H and O–H groups in total. The first-order valence-corrected chi connectivity index (χ1v) is 7.45. The molecule has 0 bridgehead atoms. The average Bonchev–Trinajstić information content (AvgIpc) is 2.50. The number of amides is 1. The van der Waals surface area contributed by atoms with Gasteiger partial charge in [0.1, 0.15) is 12.1 Å². The Morgan fingerprint density at radius 2 is 2.04 bits per heavy atom. The van der Waals surface area contributed by atoms with Crippen LogP contribution in [0.15, 0.2) is 21.9 Å². The van der Waals surface area contributed by atoms with Crippen LogP contribution in [-0.4, -0.2) is 38.9 Å². The maximum Gasteiger partial charge on any atom is 0.408 e. The molecule has 1 unspecified atom stereocenters. The standard InChI is InChI=1S/C14H19N3O6/c18-11-6-7-17(13(21)16-11)8-10(12(19)20)15-14(22)23-9-4-2-1-3-5-9/h6-7,9-10H,1-5,8H2,(H,15,22)(H,19,20)(H,16,18,21). The molecule has 1 aromatic heterocycles. The number of carboxylic acids is 1. The number of rotatable bonds is 5. The summed E-state index contributed by atoms with van der Waals surface area (Å²) in [7, 11) is 0. The summed E-state index contributed by atoms with van der Waals surface area (Å²) in [5.74, 6) is -1.30. The van der Waals surface area contributed by atoms with E-state index >= 15 is 0 Å². The van der Waals surface area contributed by atoms with E-state index in [0.717, 1.165) is 42.7 Å². The van der Waals surface area contributed by atoms with E-state index in [0.29, 0.717) is 0 Å². The first-order chi connectivity index (χ1) is 11.0. The Balaban J connectivity index is 1.97. The quantitative estimate of drug-likeness (QED) is 0.701. The lowest BCUT2D eigenvalue weighted by atomic mass is 9.98. The van der Waals surface area contributed by atoms with Gasteiger partial charge in [0, 0.05) is 12.3 Å². The molecule has 0 aliphatic heterocycles. The molecule has 9 nitrogen and oxygen atoms in total. The number of hydrogen-bond donors (Lipinski definition) is 3. The Bertz CT molecular complexity index is 674. The van der Waals surface area contributed by atoms with Crippen LogP contribution in [0.2, 0.25) is 0 Å². The number of hydrogen-bond acceptors (Lipinski definition) is 5. The number of nitrogens with zero attached hydrogens (tertiary/aromatic N) is 1. The van der Waals surface area contributed by atoms with E-state index in [1.54, 1.807) is 0 Å². The van der Waals surface area contributed by atoms with E-state index in [2.05, 4.69) is 5.32 Å². The van der Waals surface area contributed by atoms with Crippen molar-refractivity contribution in [2.45, 2.75) is 50.8 Å². The third kappa shape index (κ3) is 4.97. The predicted octanol–water partition coefficient (Wildman–Crippen LogP) is 0.0487. The molecule has 1 heterocycles. The number of H-pyrrole nitrogens is 1. The van der Waals surface area contributed by atoms with Crippen molar-refractivity contribution in [3.63, 3.8) is 0 Å². The highest BCUT2D eigenvalue weighted by molar-refractivity contribution is 5.79. The highest BCUT2D eigenvalue weighted by Gasteiger charge is 2.24. The lowest BCUT2D eigenvalue weighted by molar-refractivity contribution is -0.139. The van der Waals surface area contributed by atoms with Gasteiger partial charge in [0.15, 0.2) is 0 Å². The Labute approximate surface area is 131 Å². The minimum absolute atomic E-state index is 0.200. The lowest BCUT2D eigenvalue weighted by Crippen LogP contribution is -2.47. The summed E-state index contributed by atoms with van der Waals surface area (Å²) in [6.07, 6.45) is 4.75. The van der Waals surface area contributed by atoms with Crippen LogP contribution in [0.1, 0.15) is 32.1 Å². The number of nitrogens with one attached hydrogen (secondary N) is 2. The second kappa shape index (κ2) is 7.61. The van der Waals surface area contributed by atoms with Crippen molar-refractivity contribution in [1.29, 1.82) is 0 Å². The van der Waals surface area contributed by atoms with E-state index < -0.39 is 29.4 Å².